The molecule has 0 saturated heterocycles. The Morgan fingerprint density at radius 3 is 2.22 bits per heavy atom. The number of esters is 1. The highest BCUT2D eigenvalue weighted by atomic mass is 19.1. The van der Waals surface area contributed by atoms with Crippen LogP contribution in [0.15, 0.2) is 66.7 Å². The van der Waals surface area contributed by atoms with E-state index in [1.165, 1.54) is 24.3 Å². The molecular weight excluding hydrogens is 295 g/mol. The molecule has 0 bridgehead atoms. The molecule has 4 heteroatoms. The van der Waals surface area contributed by atoms with E-state index in [4.69, 9.17) is 4.74 Å². The molecule has 0 heterocycles. The van der Waals surface area contributed by atoms with Gasteiger partial charge in [-0.2, -0.15) is 0 Å². The molecule has 0 aromatic heterocycles. The van der Waals surface area contributed by atoms with Crippen molar-refractivity contribution >= 4 is 22.5 Å². The molecule has 0 aliphatic carbocycles. The largest absolute Gasteiger partial charge is 0.454 e. The molecule has 0 saturated carbocycles. The van der Waals surface area contributed by atoms with Gasteiger partial charge in [0.1, 0.15) is 5.82 Å². The van der Waals surface area contributed by atoms with E-state index in [-0.39, 0.29) is 18.0 Å². The standard InChI is InChI=1S/C19H13FO3/c20-17-9-7-14(8-10-17)19(22)23-12-18(21)16-6-5-13-3-1-2-4-15(13)11-16/h1-11H,12H2. The maximum atomic E-state index is 12.8. The summed E-state index contributed by atoms with van der Waals surface area (Å²) in [5, 5.41) is 1.98. The van der Waals surface area contributed by atoms with Crippen LogP contribution in [0.5, 0.6) is 0 Å². The number of carbonyl (C=O) groups is 2. The van der Waals surface area contributed by atoms with Crippen LogP contribution in [0.1, 0.15) is 20.7 Å². The first-order valence-electron chi connectivity index (χ1n) is 7.08. The van der Waals surface area contributed by atoms with Crippen LogP contribution in [0.4, 0.5) is 4.39 Å². The molecule has 114 valence electrons. The van der Waals surface area contributed by atoms with Gasteiger partial charge in [0.2, 0.25) is 0 Å². The minimum Gasteiger partial charge on any atom is -0.454 e. The van der Waals surface area contributed by atoms with Gasteiger partial charge in [0.15, 0.2) is 12.4 Å². The predicted molar refractivity (Wildman–Crippen MR) is 85.0 cm³/mol. The summed E-state index contributed by atoms with van der Waals surface area (Å²) in [5.74, 6) is -1.38. The molecule has 3 rings (SSSR count). The number of ketones is 1. The first-order chi connectivity index (χ1) is 11.1. The van der Waals surface area contributed by atoms with Crippen molar-refractivity contribution in [1.82, 2.24) is 0 Å². The molecule has 0 atom stereocenters. The zero-order chi connectivity index (χ0) is 16.2. The van der Waals surface area contributed by atoms with Crippen LogP contribution in [0, 0.1) is 5.82 Å². The highest BCUT2D eigenvalue weighted by molar-refractivity contribution is 6.02. The maximum absolute atomic E-state index is 12.8. The summed E-state index contributed by atoms with van der Waals surface area (Å²) in [6, 6.07) is 18.0. The van der Waals surface area contributed by atoms with Gasteiger partial charge in [0.05, 0.1) is 5.56 Å². The molecule has 3 nitrogen and oxygen atoms in total. The van der Waals surface area contributed by atoms with Crippen LogP contribution >= 0.6 is 0 Å². The number of rotatable bonds is 4. The number of hydrogen-bond donors (Lipinski definition) is 0. The maximum Gasteiger partial charge on any atom is 0.338 e. The first kappa shape index (κ1) is 14.9. The third kappa shape index (κ3) is 3.43. The number of carbonyl (C=O) groups excluding carboxylic acids is 2. The third-order valence-corrected chi connectivity index (χ3v) is 3.49. The van der Waals surface area contributed by atoms with Gasteiger partial charge in [-0.15, -0.1) is 0 Å². The van der Waals surface area contributed by atoms with Crippen LogP contribution in [0.3, 0.4) is 0 Å². The quantitative estimate of drug-likeness (QED) is 0.540. The molecule has 0 spiro atoms. The average Bonchev–Trinajstić information content (AvgIpc) is 2.59. The second-order valence-electron chi connectivity index (χ2n) is 5.07. The average molecular weight is 308 g/mol. The van der Waals surface area contributed by atoms with Gasteiger partial charge >= 0.3 is 5.97 Å². The minimum atomic E-state index is -0.654. The number of benzene rings is 3. The first-order valence-corrected chi connectivity index (χ1v) is 7.08. The highest BCUT2D eigenvalue weighted by Gasteiger charge is 2.12. The zero-order valence-corrected chi connectivity index (χ0v) is 12.2. The molecule has 0 fully saturated rings. The van der Waals surface area contributed by atoms with Crippen molar-refractivity contribution in [3.63, 3.8) is 0 Å². The van der Waals surface area contributed by atoms with E-state index >= 15 is 0 Å². The second kappa shape index (κ2) is 6.40. The van der Waals surface area contributed by atoms with E-state index in [9.17, 15) is 14.0 Å². The lowest BCUT2D eigenvalue weighted by molar-refractivity contribution is 0.0474. The lowest BCUT2D eigenvalue weighted by atomic mass is 10.0. The summed E-state index contributed by atoms with van der Waals surface area (Å²) in [4.78, 5) is 23.9. The smallest absolute Gasteiger partial charge is 0.338 e. The van der Waals surface area contributed by atoms with Gasteiger partial charge in [-0.25, -0.2) is 9.18 Å². The van der Waals surface area contributed by atoms with E-state index in [0.717, 1.165) is 10.8 Å². The summed E-state index contributed by atoms with van der Waals surface area (Å²) in [5.41, 5.74) is 0.688. The van der Waals surface area contributed by atoms with E-state index in [1.54, 1.807) is 12.1 Å². The van der Waals surface area contributed by atoms with E-state index in [0.29, 0.717) is 5.56 Å². The Balaban J connectivity index is 1.68. The van der Waals surface area contributed by atoms with E-state index < -0.39 is 11.8 Å². The topological polar surface area (TPSA) is 43.4 Å². The van der Waals surface area contributed by atoms with Crippen molar-refractivity contribution in [2.45, 2.75) is 0 Å². The highest BCUT2D eigenvalue weighted by Crippen LogP contribution is 2.16. The SMILES string of the molecule is O=C(COC(=O)c1ccc(F)cc1)c1ccc2ccccc2c1. The fraction of sp³-hybridized carbons (Fsp3) is 0.0526. The molecule has 23 heavy (non-hydrogen) atoms. The number of halogens is 1. The van der Waals surface area contributed by atoms with Crippen molar-refractivity contribution in [1.29, 1.82) is 0 Å². The van der Waals surface area contributed by atoms with Crippen molar-refractivity contribution in [3.8, 4) is 0 Å². The Hall–Kier alpha value is -3.01. The van der Waals surface area contributed by atoms with Crippen molar-refractivity contribution < 1.29 is 18.7 Å². The fourth-order valence-electron chi connectivity index (χ4n) is 2.25. The van der Waals surface area contributed by atoms with Crippen LogP contribution in [0.2, 0.25) is 0 Å². The van der Waals surface area contributed by atoms with Crippen LogP contribution in [-0.4, -0.2) is 18.4 Å². The number of ether oxygens (including phenoxy) is 1. The molecule has 3 aromatic carbocycles. The van der Waals surface area contributed by atoms with E-state index in [2.05, 4.69) is 0 Å². The normalized spacial score (nSPS) is 10.5. The summed E-state index contributed by atoms with van der Waals surface area (Å²) < 4.78 is 17.8. The van der Waals surface area contributed by atoms with E-state index in [1.807, 2.05) is 30.3 Å². The molecular formula is C19H13FO3. The molecule has 0 amide bonds. The van der Waals surface area contributed by atoms with Gasteiger partial charge in [0.25, 0.3) is 0 Å². The Morgan fingerprint density at radius 1 is 0.826 bits per heavy atom. The molecule has 0 aliphatic rings. The van der Waals surface area contributed by atoms with Crippen molar-refractivity contribution in [2.75, 3.05) is 6.61 Å². The molecule has 0 aliphatic heterocycles. The van der Waals surface area contributed by atoms with Crippen molar-refractivity contribution in [3.05, 3.63) is 83.7 Å². The lowest BCUT2D eigenvalue weighted by Gasteiger charge is -2.05. The Labute approximate surface area is 132 Å². The minimum absolute atomic E-state index is 0.206. The van der Waals surface area contributed by atoms with Gasteiger partial charge < -0.3 is 4.74 Å². The van der Waals surface area contributed by atoms with Gasteiger partial charge in [0, 0.05) is 5.56 Å². The lowest BCUT2D eigenvalue weighted by Crippen LogP contribution is -2.14. The third-order valence-electron chi connectivity index (χ3n) is 3.49. The molecule has 0 radical (unpaired) electrons. The Bertz CT molecular complexity index is 869. The van der Waals surface area contributed by atoms with Crippen molar-refractivity contribution in [2.24, 2.45) is 0 Å². The van der Waals surface area contributed by atoms with Crippen LogP contribution < -0.4 is 0 Å². The summed E-state index contributed by atoms with van der Waals surface area (Å²) in [6.45, 7) is -0.353. The summed E-state index contributed by atoms with van der Waals surface area (Å²) >= 11 is 0. The van der Waals surface area contributed by atoms with Gasteiger partial charge in [-0.3, -0.25) is 4.79 Å². The van der Waals surface area contributed by atoms with Crippen LogP contribution in [0.25, 0.3) is 10.8 Å². The number of Topliss-reactive ketones (excluding diaryl/α,β-unsaturated/α-hetero) is 1. The number of hydrogen-bond acceptors (Lipinski definition) is 3. The molecule has 0 N–H and O–H groups in total. The van der Waals surface area contributed by atoms with Crippen LogP contribution in [-0.2, 0) is 4.74 Å². The Kier molecular flexibility index (Phi) is 4.15. The zero-order valence-electron chi connectivity index (χ0n) is 12.2. The Morgan fingerprint density at radius 2 is 1.48 bits per heavy atom. The summed E-state index contributed by atoms with van der Waals surface area (Å²) in [6.07, 6.45) is 0. The second-order valence-corrected chi connectivity index (χ2v) is 5.07. The van der Waals surface area contributed by atoms with Gasteiger partial charge in [-0.1, -0.05) is 36.4 Å². The number of fused-ring (bicyclic) bond motifs is 1. The summed E-state index contributed by atoms with van der Waals surface area (Å²) in [7, 11) is 0. The fourth-order valence-corrected chi connectivity index (χ4v) is 2.25. The molecule has 0 unspecified atom stereocenters. The monoisotopic (exact) mass is 308 g/mol. The molecule has 3 aromatic rings. The predicted octanol–water partition coefficient (Wildman–Crippen LogP) is 4.02. The van der Waals surface area contributed by atoms with Gasteiger partial charge in [-0.05, 0) is 41.1 Å².